The lowest BCUT2D eigenvalue weighted by Crippen LogP contribution is -2.32. The van der Waals surface area contributed by atoms with E-state index in [1.165, 1.54) is 5.56 Å². The number of aryl methyl sites for hydroxylation is 1. The van der Waals surface area contributed by atoms with Crippen LogP contribution in [0.15, 0.2) is 67.0 Å². The highest BCUT2D eigenvalue weighted by Crippen LogP contribution is 2.16. The minimum absolute atomic E-state index is 0.0922. The molecular formula is C21H22ClN3O. The van der Waals surface area contributed by atoms with E-state index in [0.29, 0.717) is 17.1 Å². The smallest absolute Gasteiger partial charge is 0.254 e. The van der Waals surface area contributed by atoms with Gasteiger partial charge in [-0.1, -0.05) is 60.1 Å². The van der Waals surface area contributed by atoms with Gasteiger partial charge in [0.05, 0.1) is 18.3 Å². The highest BCUT2D eigenvalue weighted by Gasteiger charge is 2.12. The second-order valence-electron chi connectivity index (χ2n) is 6.42. The molecule has 0 aliphatic heterocycles. The summed E-state index contributed by atoms with van der Waals surface area (Å²) in [5.41, 5.74) is 2.81. The van der Waals surface area contributed by atoms with Crippen LogP contribution in [0.25, 0.3) is 0 Å². The van der Waals surface area contributed by atoms with Crippen LogP contribution in [0.3, 0.4) is 0 Å². The molecule has 0 radical (unpaired) electrons. The first-order valence-electron chi connectivity index (χ1n) is 8.72. The van der Waals surface area contributed by atoms with Crippen molar-refractivity contribution in [2.24, 2.45) is 0 Å². The number of hydrogen-bond acceptors (Lipinski definition) is 2. The molecule has 1 heterocycles. The monoisotopic (exact) mass is 367 g/mol. The number of halogens is 1. The molecule has 5 heteroatoms. The normalized spacial score (nSPS) is 11.9. The maximum absolute atomic E-state index is 12.4. The summed E-state index contributed by atoms with van der Waals surface area (Å²) in [7, 11) is 0. The highest BCUT2D eigenvalue weighted by atomic mass is 35.5. The highest BCUT2D eigenvalue weighted by molar-refractivity contribution is 6.31. The zero-order valence-corrected chi connectivity index (χ0v) is 15.5. The fourth-order valence-corrected chi connectivity index (χ4v) is 2.97. The van der Waals surface area contributed by atoms with Crippen LogP contribution in [-0.4, -0.2) is 21.7 Å². The molecule has 134 valence electrons. The molecule has 0 saturated carbocycles. The summed E-state index contributed by atoms with van der Waals surface area (Å²) in [6, 6.07) is 18.0. The Balaban J connectivity index is 1.53. The van der Waals surface area contributed by atoms with Crippen molar-refractivity contribution in [2.45, 2.75) is 32.4 Å². The Hall–Kier alpha value is -2.59. The Morgan fingerprint density at radius 1 is 1.15 bits per heavy atom. The first-order chi connectivity index (χ1) is 12.6. The van der Waals surface area contributed by atoms with Crippen molar-refractivity contribution in [1.82, 2.24) is 15.1 Å². The van der Waals surface area contributed by atoms with Gasteiger partial charge in [0.1, 0.15) is 0 Å². The van der Waals surface area contributed by atoms with Gasteiger partial charge >= 0.3 is 0 Å². The number of hydrogen-bond donors (Lipinski definition) is 1. The standard InChI is InChI=1S/C21H22ClN3O/c1-16(11-12-17-7-3-2-4-8-17)24-21(26)19-13-23-25(15-19)14-18-9-5-6-10-20(18)22/h2-10,13,15-16H,11-12,14H2,1H3,(H,24,26). The van der Waals surface area contributed by atoms with E-state index < -0.39 is 0 Å². The zero-order valence-electron chi connectivity index (χ0n) is 14.7. The molecule has 1 unspecified atom stereocenters. The fraction of sp³-hybridized carbons (Fsp3) is 0.238. The molecule has 4 nitrogen and oxygen atoms in total. The molecular weight excluding hydrogens is 346 g/mol. The molecule has 26 heavy (non-hydrogen) atoms. The van der Waals surface area contributed by atoms with Crippen LogP contribution in [0, 0.1) is 0 Å². The molecule has 1 atom stereocenters. The van der Waals surface area contributed by atoms with Gasteiger partial charge in [-0.05, 0) is 37.0 Å². The van der Waals surface area contributed by atoms with Crippen LogP contribution in [0.4, 0.5) is 0 Å². The van der Waals surface area contributed by atoms with Gasteiger partial charge in [0.15, 0.2) is 0 Å². The van der Waals surface area contributed by atoms with E-state index >= 15 is 0 Å². The Morgan fingerprint density at radius 2 is 1.88 bits per heavy atom. The summed E-state index contributed by atoms with van der Waals surface area (Å²) in [6.45, 7) is 2.56. The maximum atomic E-state index is 12.4. The topological polar surface area (TPSA) is 46.9 Å². The predicted molar refractivity (Wildman–Crippen MR) is 104 cm³/mol. The predicted octanol–water partition coefficient (Wildman–Crippen LogP) is 4.34. The molecule has 0 aliphatic rings. The number of rotatable bonds is 7. The number of nitrogens with zero attached hydrogens (tertiary/aromatic N) is 2. The Kier molecular flexibility index (Phi) is 6.08. The zero-order chi connectivity index (χ0) is 18.4. The van der Waals surface area contributed by atoms with Crippen LogP contribution < -0.4 is 5.32 Å². The van der Waals surface area contributed by atoms with E-state index in [0.717, 1.165) is 18.4 Å². The SMILES string of the molecule is CC(CCc1ccccc1)NC(=O)c1cnn(Cc2ccccc2Cl)c1. The van der Waals surface area contributed by atoms with Crippen molar-refractivity contribution >= 4 is 17.5 Å². The third kappa shape index (κ3) is 4.96. The van der Waals surface area contributed by atoms with Gasteiger partial charge < -0.3 is 5.32 Å². The van der Waals surface area contributed by atoms with E-state index in [9.17, 15) is 4.79 Å². The third-order valence-electron chi connectivity index (χ3n) is 4.27. The van der Waals surface area contributed by atoms with E-state index in [1.54, 1.807) is 17.1 Å². The Bertz CT molecular complexity index is 860. The van der Waals surface area contributed by atoms with Gasteiger partial charge in [0.2, 0.25) is 0 Å². The van der Waals surface area contributed by atoms with Gasteiger partial charge in [-0.3, -0.25) is 9.48 Å². The lowest BCUT2D eigenvalue weighted by atomic mass is 10.1. The lowest BCUT2D eigenvalue weighted by Gasteiger charge is -2.13. The molecule has 0 fully saturated rings. The number of carbonyl (C=O) groups excluding carboxylic acids is 1. The average molecular weight is 368 g/mol. The van der Waals surface area contributed by atoms with Crippen molar-refractivity contribution in [3.8, 4) is 0 Å². The molecule has 1 N–H and O–H groups in total. The minimum Gasteiger partial charge on any atom is -0.349 e. The van der Waals surface area contributed by atoms with Crippen molar-refractivity contribution in [3.05, 3.63) is 88.7 Å². The molecule has 3 rings (SSSR count). The third-order valence-corrected chi connectivity index (χ3v) is 4.64. The molecule has 0 spiro atoms. The quantitative estimate of drug-likeness (QED) is 0.675. The summed E-state index contributed by atoms with van der Waals surface area (Å²) >= 11 is 6.18. The molecule has 1 aromatic heterocycles. The summed E-state index contributed by atoms with van der Waals surface area (Å²) in [5, 5.41) is 8.01. The summed E-state index contributed by atoms with van der Waals surface area (Å²) < 4.78 is 1.73. The van der Waals surface area contributed by atoms with Crippen molar-refractivity contribution in [3.63, 3.8) is 0 Å². The molecule has 3 aromatic rings. The van der Waals surface area contributed by atoms with E-state index in [1.807, 2.05) is 49.4 Å². The summed E-state index contributed by atoms with van der Waals surface area (Å²) in [4.78, 5) is 12.4. The van der Waals surface area contributed by atoms with E-state index in [2.05, 4.69) is 22.5 Å². The van der Waals surface area contributed by atoms with Crippen LogP contribution in [0.5, 0.6) is 0 Å². The van der Waals surface area contributed by atoms with Crippen LogP contribution in [0.2, 0.25) is 5.02 Å². The molecule has 0 saturated heterocycles. The van der Waals surface area contributed by atoms with Gasteiger partial charge in [0.25, 0.3) is 5.91 Å². The first kappa shape index (κ1) is 18.2. The maximum Gasteiger partial charge on any atom is 0.254 e. The largest absolute Gasteiger partial charge is 0.349 e. The Morgan fingerprint density at radius 3 is 2.65 bits per heavy atom. The van der Waals surface area contributed by atoms with Gasteiger partial charge in [-0.25, -0.2) is 0 Å². The van der Waals surface area contributed by atoms with Crippen LogP contribution >= 0.6 is 11.6 Å². The number of carbonyl (C=O) groups is 1. The van der Waals surface area contributed by atoms with Gasteiger partial charge in [-0.2, -0.15) is 5.10 Å². The van der Waals surface area contributed by atoms with Gasteiger partial charge in [-0.15, -0.1) is 0 Å². The Labute approximate surface area is 158 Å². The van der Waals surface area contributed by atoms with E-state index in [4.69, 9.17) is 11.6 Å². The fourth-order valence-electron chi connectivity index (χ4n) is 2.78. The van der Waals surface area contributed by atoms with Crippen LogP contribution in [-0.2, 0) is 13.0 Å². The minimum atomic E-state index is -0.101. The molecule has 1 amide bonds. The average Bonchev–Trinajstić information content (AvgIpc) is 3.12. The second-order valence-corrected chi connectivity index (χ2v) is 6.82. The molecule has 0 aliphatic carbocycles. The van der Waals surface area contributed by atoms with Crippen molar-refractivity contribution in [1.29, 1.82) is 0 Å². The van der Waals surface area contributed by atoms with Crippen LogP contribution in [0.1, 0.15) is 34.8 Å². The summed E-state index contributed by atoms with van der Waals surface area (Å²) in [6.07, 6.45) is 5.18. The lowest BCUT2D eigenvalue weighted by molar-refractivity contribution is 0.0938. The first-order valence-corrected chi connectivity index (χ1v) is 9.10. The number of benzene rings is 2. The number of aromatic nitrogens is 2. The number of nitrogens with one attached hydrogen (secondary N) is 1. The van der Waals surface area contributed by atoms with Crippen molar-refractivity contribution < 1.29 is 4.79 Å². The van der Waals surface area contributed by atoms with Crippen molar-refractivity contribution in [2.75, 3.05) is 0 Å². The summed E-state index contributed by atoms with van der Waals surface area (Å²) in [5.74, 6) is -0.101. The van der Waals surface area contributed by atoms with Gasteiger partial charge in [0, 0.05) is 17.3 Å². The molecule has 0 bridgehead atoms. The van der Waals surface area contributed by atoms with E-state index in [-0.39, 0.29) is 11.9 Å². The molecule has 2 aromatic carbocycles. The number of amides is 1. The second kappa shape index (κ2) is 8.68.